The van der Waals surface area contributed by atoms with Gasteiger partial charge in [-0.25, -0.2) is 9.59 Å². The molecule has 18 heavy (non-hydrogen) atoms. The third kappa shape index (κ3) is 1.85. The number of rotatable bonds is 4. The summed E-state index contributed by atoms with van der Waals surface area (Å²) < 4.78 is 10.8. The first-order valence-electron chi connectivity index (χ1n) is 6.28. The second kappa shape index (κ2) is 4.59. The molecule has 0 aromatic carbocycles. The summed E-state index contributed by atoms with van der Waals surface area (Å²) >= 11 is 0. The number of carbonyl (C=O) groups excluding carboxylic acids is 2. The number of esters is 2. The van der Waals surface area contributed by atoms with Crippen LogP contribution in [0.15, 0.2) is 25.3 Å². The van der Waals surface area contributed by atoms with Crippen LogP contribution >= 0.6 is 0 Å². The summed E-state index contributed by atoms with van der Waals surface area (Å²) in [6.45, 7) is 6.76. The van der Waals surface area contributed by atoms with Crippen LogP contribution in [0.3, 0.4) is 0 Å². The minimum Gasteiger partial charge on any atom is -0.419 e. The van der Waals surface area contributed by atoms with Crippen LogP contribution in [0.4, 0.5) is 0 Å². The van der Waals surface area contributed by atoms with Crippen molar-refractivity contribution in [3.8, 4) is 0 Å². The van der Waals surface area contributed by atoms with Gasteiger partial charge < -0.3 is 9.47 Å². The second-order valence-electron chi connectivity index (χ2n) is 4.99. The zero-order chi connectivity index (χ0) is 13.2. The summed E-state index contributed by atoms with van der Waals surface area (Å²) in [7, 11) is 0. The molecule has 0 aliphatic heterocycles. The lowest BCUT2D eigenvalue weighted by Gasteiger charge is -2.54. The van der Waals surface area contributed by atoms with E-state index < -0.39 is 17.7 Å². The van der Waals surface area contributed by atoms with Crippen molar-refractivity contribution >= 4 is 11.9 Å². The van der Waals surface area contributed by atoms with Gasteiger partial charge in [-0.3, -0.25) is 0 Å². The number of ether oxygens (including phenoxy) is 2. The third-order valence-corrected chi connectivity index (χ3v) is 4.17. The molecular formula is C14H18O4. The Balaban J connectivity index is 2.22. The molecule has 2 aliphatic rings. The summed E-state index contributed by atoms with van der Waals surface area (Å²) in [5, 5.41) is 0. The van der Waals surface area contributed by atoms with E-state index in [1.54, 1.807) is 0 Å². The van der Waals surface area contributed by atoms with Crippen molar-refractivity contribution in [2.45, 2.75) is 44.3 Å². The zero-order valence-corrected chi connectivity index (χ0v) is 10.4. The molecule has 2 aliphatic carbocycles. The van der Waals surface area contributed by atoms with Crippen molar-refractivity contribution in [2.75, 3.05) is 0 Å². The fourth-order valence-corrected chi connectivity index (χ4v) is 3.11. The van der Waals surface area contributed by atoms with Crippen molar-refractivity contribution in [1.82, 2.24) is 0 Å². The first-order valence-corrected chi connectivity index (χ1v) is 6.28. The lowest BCUT2D eigenvalue weighted by atomic mass is 9.61. The van der Waals surface area contributed by atoms with E-state index in [-0.39, 0.29) is 5.41 Å². The quantitative estimate of drug-likeness (QED) is 0.437. The maximum Gasteiger partial charge on any atom is 0.333 e. The summed E-state index contributed by atoms with van der Waals surface area (Å²) in [5.74, 6) is -2.18. The van der Waals surface area contributed by atoms with E-state index in [9.17, 15) is 9.59 Å². The molecule has 0 saturated heterocycles. The third-order valence-electron chi connectivity index (χ3n) is 4.17. The van der Waals surface area contributed by atoms with Crippen molar-refractivity contribution in [1.29, 1.82) is 0 Å². The molecule has 0 heterocycles. The zero-order valence-electron chi connectivity index (χ0n) is 10.4. The molecule has 0 amide bonds. The minimum absolute atomic E-state index is 0.190. The van der Waals surface area contributed by atoms with Gasteiger partial charge in [0.2, 0.25) is 0 Å². The smallest absolute Gasteiger partial charge is 0.333 e. The first-order chi connectivity index (χ1) is 8.57. The molecule has 0 bridgehead atoms. The first kappa shape index (κ1) is 12.9. The van der Waals surface area contributed by atoms with Crippen molar-refractivity contribution in [3.05, 3.63) is 25.3 Å². The molecule has 4 heteroatoms. The molecular weight excluding hydrogens is 232 g/mol. The van der Waals surface area contributed by atoms with Gasteiger partial charge in [0.15, 0.2) is 0 Å². The maximum absolute atomic E-state index is 11.5. The molecule has 2 saturated carbocycles. The summed E-state index contributed by atoms with van der Waals surface area (Å²) in [6, 6.07) is 0. The van der Waals surface area contributed by atoms with Gasteiger partial charge in [0, 0.05) is 24.0 Å². The Hall–Kier alpha value is -1.58. The van der Waals surface area contributed by atoms with Crippen molar-refractivity contribution in [3.63, 3.8) is 0 Å². The molecule has 0 radical (unpaired) electrons. The highest BCUT2D eigenvalue weighted by molar-refractivity contribution is 5.83. The average molecular weight is 250 g/mol. The van der Waals surface area contributed by atoms with Crippen LogP contribution in [-0.2, 0) is 19.1 Å². The minimum atomic E-state index is -1.10. The number of carbonyl (C=O) groups is 2. The Morgan fingerprint density at radius 1 is 0.889 bits per heavy atom. The van der Waals surface area contributed by atoms with E-state index in [0.717, 1.165) is 44.3 Å². The Labute approximate surface area is 107 Å². The highest BCUT2D eigenvalue weighted by atomic mass is 16.7. The van der Waals surface area contributed by atoms with Crippen LogP contribution in [0, 0.1) is 5.41 Å². The van der Waals surface area contributed by atoms with Gasteiger partial charge in [-0.05, 0) is 19.3 Å². The SMILES string of the molecule is C=CC(=O)OC1(OC(=O)C=C)CCC12CCCC2. The van der Waals surface area contributed by atoms with E-state index in [1.807, 2.05) is 0 Å². The fourth-order valence-electron chi connectivity index (χ4n) is 3.11. The van der Waals surface area contributed by atoms with E-state index >= 15 is 0 Å². The van der Waals surface area contributed by atoms with Gasteiger partial charge >= 0.3 is 11.9 Å². The highest BCUT2D eigenvalue weighted by Crippen LogP contribution is 2.62. The molecule has 2 rings (SSSR count). The van der Waals surface area contributed by atoms with Crippen LogP contribution in [0.1, 0.15) is 38.5 Å². The molecule has 0 atom stereocenters. The van der Waals surface area contributed by atoms with E-state index in [1.165, 1.54) is 0 Å². The van der Waals surface area contributed by atoms with Gasteiger partial charge in [-0.15, -0.1) is 0 Å². The number of hydrogen-bond donors (Lipinski definition) is 0. The Bertz CT molecular complexity index is 369. The van der Waals surface area contributed by atoms with Crippen LogP contribution in [-0.4, -0.2) is 17.7 Å². The Kier molecular flexibility index (Phi) is 3.28. The standard InChI is InChI=1S/C14H18O4/c1-3-11(15)17-14(18-12(16)4-2)10-9-13(14)7-5-6-8-13/h3-4H,1-2,5-10H2. The van der Waals surface area contributed by atoms with Crippen molar-refractivity contribution < 1.29 is 19.1 Å². The monoisotopic (exact) mass is 250 g/mol. The topological polar surface area (TPSA) is 52.6 Å². The van der Waals surface area contributed by atoms with E-state index in [4.69, 9.17) is 9.47 Å². The Morgan fingerprint density at radius 3 is 1.72 bits per heavy atom. The van der Waals surface area contributed by atoms with Gasteiger partial charge in [-0.2, -0.15) is 0 Å². The summed E-state index contributed by atoms with van der Waals surface area (Å²) in [5.41, 5.74) is -0.190. The predicted octanol–water partition coefficient (Wildman–Crippen LogP) is 2.50. The fraction of sp³-hybridized carbons (Fsp3) is 0.571. The van der Waals surface area contributed by atoms with Gasteiger partial charge in [0.1, 0.15) is 0 Å². The Morgan fingerprint density at radius 2 is 1.39 bits per heavy atom. The summed E-state index contributed by atoms with van der Waals surface area (Å²) in [4.78, 5) is 22.9. The van der Waals surface area contributed by atoms with Gasteiger partial charge in [0.05, 0.1) is 0 Å². The molecule has 0 N–H and O–H groups in total. The normalized spacial score (nSPS) is 22.9. The maximum atomic E-state index is 11.5. The number of hydrogen-bond acceptors (Lipinski definition) is 4. The van der Waals surface area contributed by atoms with E-state index in [2.05, 4.69) is 13.2 Å². The van der Waals surface area contributed by atoms with E-state index in [0.29, 0.717) is 6.42 Å². The molecule has 2 fully saturated rings. The molecule has 0 aromatic rings. The molecule has 0 aromatic heterocycles. The van der Waals surface area contributed by atoms with Crippen LogP contribution in [0.5, 0.6) is 0 Å². The molecule has 1 spiro atoms. The van der Waals surface area contributed by atoms with Gasteiger partial charge in [0.25, 0.3) is 5.79 Å². The predicted molar refractivity (Wildman–Crippen MR) is 65.4 cm³/mol. The second-order valence-corrected chi connectivity index (χ2v) is 4.99. The lowest BCUT2D eigenvalue weighted by Crippen LogP contribution is -2.60. The molecule has 98 valence electrons. The molecule has 4 nitrogen and oxygen atoms in total. The molecule has 0 unspecified atom stereocenters. The van der Waals surface area contributed by atoms with Crippen LogP contribution in [0.25, 0.3) is 0 Å². The average Bonchev–Trinajstić information content (AvgIpc) is 2.88. The van der Waals surface area contributed by atoms with Crippen molar-refractivity contribution in [2.24, 2.45) is 5.41 Å². The lowest BCUT2D eigenvalue weighted by molar-refractivity contribution is -0.313. The van der Waals surface area contributed by atoms with Gasteiger partial charge in [-0.1, -0.05) is 26.0 Å². The van der Waals surface area contributed by atoms with Crippen LogP contribution < -0.4 is 0 Å². The summed E-state index contributed by atoms with van der Waals surface area (Å²) in [6.07, 6.45) is 7.73. The largest absolute Gasteiger partial charge is 0.419 e. The highest BCUT2D eigenvalue weighted by Gasteiger charge is 2.65. The van der Waals surface area contributed by atoms with Crippen LogP contribution in [0.2, 0.25) is 0 Å².